The van der Waals surface area contributed by atoms with Gasteiger partial charge in [0.1, 0.15) is 0 Å². The number of fused-ring (bicyclic) bond motifs is 4. The second-order valence-corrected chi connectivity index (χ2v) is 12.4. The second-order valence-electron chi connectivity index (χ2n) is 12.4. The zero-order valence-corrected chi connectivity index (χ0v) is 21.4. The zero-order chi connectivity index (χ0) is 25.2. The van der Waals surface area contributed by atoms with Gasteiger partial charge in [0.2, 0.25) is 0 Å². The average molecular weight is 505 g/mol. The van der Waals surface area contributed by atoms with Crippen molar-refractivity contribution in [3.05, 3.63) is 94.7 Å². The van der Waals surface area contributed by atoms with Gasteiger partial charge in [-0.1, -0.05) is 54.6 Å². The number of rotatable bonds is 4. The molecule has 2 bridgehead atoms. The van der Waals surface area contributed by atoms with Crippen LogP contribution in [0.2, 0.25) is 0 Å². The highest BCUT2D eigenvalue weighted by Gasteiger charge is 2.73. The van der Waals surface area contributed by atoms with Gasteiger partial charge in [0.15, 0.2) is 17.6 Å². The van der Waals surface area contributed by atoms with Crippen molar-refractivity contribution in [2.45, 2.75) is 61.8 Å². The lowest BCUT2D eigenvalue weighted by Crippen LogP contribution is -2.74. The number of likely N-dealkylation sites (tertiary alicyclic amines) is 1. The molecule has 0 unspecified atom stereocenters. The normalized spacial score (nSPS) is 30.7. The van der Waals surface area contributed by atoms with Gasteiger partial charge < -0.3 is 19.5 Å². The van der Waals surface area contributed by atoms with Crippen molar-refractivity contribution in [2.75, 3.05) is 13.1 Å². The molecule has 4 atom stereocenters. The van der Waals surface area contributed by atoms with Crippen molar-refractivity contribution in [1.29, 1.82) is 0 Å². The van der Waals surface area contributed by atoms with Gasteiger partial charge in [0.25, 0.3) is 0 Å². The smallest absolute Gasteiger partial charge is 0.166 e. The van der Waals surface area contributed by atoms with Crippen molar-refractivity contribution < 1.29 is 14.9 Å². The molecule has 38 heavy (non-hydrogen) atoms. The van der Waals surface area contributed by atoms with Crippen molar-refractivity contribution >= 4 is 10.9 Å². The summed E-state index contributed by atoms with van der Waals surface area (Å²) in [4.78, 5) is 2.60. The molecular weight excluding hydrogens is 472 g/mol. The minimum Gasteiger partial charge on any atom is -0.504 e. The minimum absolute atomic E-state index is 0.0512. The summed E-state index contributed by atoms with van der Waals surface area (Å²) in [5.74, 6) is 1.57. The second kappa shape index (κ2) is 7.22. The number of ether oxygens (including phenoxy) is 1. The number of nitrogens with zero attached hydrogens (tertiary/aromatic N) is 2. The zero-order valence-electron chi connectivity index (χ0n) is 21.4. The molecule has 5 heteroatoms. The van der Waals surface area contributed by atoms with Crippen LogP contribution in [0.4, 0.5) is 0 Å². The highest BCUT2D eigenvalue weighted by atomic mass is 16.5. The maximum Gasteiger partial charge on any atom is 0.166 e. The lowest BCUT2D eigenvalue weighted by molar-refractivity contribution is -0.173. The molecule has 5 aliphatic rings. The lowest BCUT2D eigenvalue weighted by atomic mass is 9.49. The Labute approximate surface area is 222 Å². The highest BCUT2D eigenvalue weighted by Crippen LogP contribution is 2.69. The quantitative estimate of drug-likeness (QED) is 0.406. The van der Waals surface area contributed by atoms with Gasteiger partial charge in [-0.3, -0.25) is 4.90 Å². The van der Waals surface area contributed by atoms with Gasteiger partial charge in [-0.15, -0.1) is 0 Å². The van der Waals surface area contributed by atoms with E-state index in [2.05, 4.69) is 70.1 Å². The van der Waals surface area contributed by atoms with E-state index >= 15 is 0 Å². The topological polar surface area (TPSA) is 57.9 Å². The Kier molecular flexibility index (Phi) is 4.11. The van der Waals surface area contributed by atoms with Crippen LogP contribution >= 0.6 is 0 Å². The molecule has 3 aliphatic carbocycles. The number of aromatic hydroxyl groups is 1. The van der Waals surface area contributed by atoms with Crippen LogP contribution in [-0.4, -0.2) is 44.4 Å². The van der Waals surface area contributed by atoms with Gasteiger partial charge in [0, 0.05) is 42.0 Å². The molecule has 5 nitrogen and oxygen atoms in total. The molecule has 3 aromatic carbocycles. The van der Waals surface area contributed by atoms with Crippen LogP contribution < -0.4 is 4.74 Å². The Balaban J connectivity index is 1.32. The van der Waals surface area contributed by atoms with E-state index < -0.39 is 11.0 Å². The number of benzene rings is 3. The van der Waals surface area contributed by atoms with Crippen LogP contribution in [-0.2, 0) is 24.8 Å². The highest BCUT2D eigenvalue weighted by molar-refractivity contribution is 5.87. The number of aromatic nitrogens is 1. The van der Waals surface area contributed by atoms with E-state index in [1.807, 2.05) is 0 Å². The van der Waals surface area contributed by atoms with Crippen molar-refractivity contribution in [3.63, 3.8) is 0 Å². The molecule has 192 valence electrons. The maximum absolute atomic E-state index is 13.1. The molecule has 4 aromatic rings. The first kappa shape index (κ1) is 21.6. The molecule has 1 aromatic heterocycles. The SMILES string of the molecule is Oc1ccc2c3c1O[C@H]1c4c(c5ccccc5n4Cc4ccccc4)C[C@@]4(O)[C@@H](C2)N(CC2CC2)CC[C@]314. The number of phenolic OH excluding ortho intramolecular Hbond substituents is 1. The molecule has 2 fully saturated rings. The Bertz CT molecular complexity index is 1620. The van der Waals surface area contributed by atoms with Crippen LogP contribution in [0.25, 0.3) is 10.9 Å². The van der Waals surface area contributed by atoms with E-state index in [1.165, 1.54) is 46.1 Å². The molecule has 0 radical (unpaired) electrons. The van der Waals surface area contributed by atoms with Crippen LogP contribution in [0.1, 0.15) is 53.3 Å². The predicted octanol–water partition coefficient (Wildman–Crippen LogP) is 5.09. The summed E-state index contributed by atoms with van der Waals surface area (Å²) in [5.41, 5.74) is 5.63. The molecule has 1 saturated heterocycles. The summed E-state index contributed by atoms with van der Waals surface area (Å²) in [6, 6.07) is 23.2. The molecule has 1 spiro atoms. The fourth-order valence-electron chi connectivity index (χ4n) is 8.74. The number of piperidine rings is 1. The Morgan fingerprint density at radius 3 is 2.63 bits per heavy atom. The van der Waals surface area contributed by atoms with Crippen LogP contribution in [0.15, 0.2) is 66.7 Å². The number of aliphatic hydroxyl groups is 1. The fraction of sp³-hybridized carbons (Fsp3) is 0.394. The van der Waals surface area contributed by atoms with E-state index in [-0.39, 0.29) is 17.9 Å². The van der Waals surface area contributed by atoms with Crippen molar-refractivity contribution in [2.24, 2.45) is 5.92 Å². The number of hydrogen-bond donors (Lipinski definition) is 2. The molecule has 9 rings (SSSR count). The predicted molar refractivity (Wildman–Crippen MR) is 146 cm³/mol. The van der Waals surface area contributed by atoms with Gasteiger partial charge in [-0.05, 0) is 67.0 Å². The van der Waals surface area contributed by atoms with E-state index in [9.17, 15) is 10.2 Å². The van der Waals surface area contributed by atoms with Crippen LogP contribution in [0, 0.1) is 5.92 Å². The molecule has 3 heterocycles. The number of phenols is 1. The summed E-state index contributed by atoms with van der Waals surface area (Å²) >= 11 is 0. The van der Waals surface area contributed by atoms with Crippen LogP contribution in [0.5, 0.6) is 11.5 Å². The lowest BCUT2D eigenvalue weighted by Gasteiger charge is -2.63. The van der Waals surface area contributed by atoms with Gasteiger partial charge in [-0.25, -0.2) is 0 Å². The largest absolute Gasteiger partial charge is 0.504 e. The third kappa shape index (κ3) is 2.55. The van der Waals surface area contributed by atoms with Crippen molar-refractivity contribution in [1.82, 2.24) is 9.47 Å². The van der Waals surface area contributed by atoms with Gasteiger partial charge in [0.05, 0.1) is 16.7 Å². The Morgan fingerprint density at radius 1 is 0.974 bits per heavy atom. The monoisotopic (exact) mass is 504 g/mol. The van der Waals surface area contributed by atoms with E-state index in [0.29, 0.717) is 12.2 Å². The summed E-state index contributed by atoms with van der Waals surface area (Å²) in [6.07, 6.45) is 4.55. The average Bonchev–Trinajstić information content (AvgIpc) is 3.61. The Morgan fingerprint density at radius 2 is 1.79 bits per heavy atom. The van der Waals surface area contributed by atoms with E-state index in [1.54, 1.807) is 6.07 Å². The molecule has 2 aliphatic heterocycles. The first-order valence-corrected chi connectivity index (χ1v) is 14.2. The first-order chi connectivity index (χ1) is 18.6. The Hall–Kier alpha value is -3.28. The summed E-state index contributed by atoms with van der Waals surface area (Å²) in [6.45, 7) is 2.79. The van der Waals surface area contributed by atoms with Gasteiger partial charge in [-0.2, -0.15) is 0 Å². The van der Waals surface area contributed by atoms with Crippen molar-refractivity contribution in [3.8, 4) is 11.5 Å². The molecule has 0 amide bonds. The number of hydrogen-bond acceptors (Lipinski definition) is 4. The summed E-state index contributed by atoms with van der Waals surface area (Å²) < 4.78 is 9.32. The fourth-order valence-corrected chi connectivity index (χ4v) is 8.74. The van der Waals surface area contributed by atoms with E-state index in [0.717, 1.165) is 44.0 Å². The maximum atomic E-state index is 13.1. The van der Waals surface area contributed by atoms with E-state index in [4.69, 9.17) is 4.74 Å². The number of para-hydroxylation sites is 1. The minimum atomic E-state index is -0.953. The standard InChI is InChI=1S/C33H32N2O3/c36-26-13-12-22-16-27-33(37)17-24-23-8-4-5-9-25(23)35(19-20-6-2-1-3-7-20)29(24)31-32(33,28(22)30(26)38-31)14-15-34(27)18-21-10-11-21/h1-9,12-13,21,27,31,36-37H,10-11,14-19H2/t27-,31+,32+,33-/m1/s1. The first-order valence-electron chi connectivity index (χ1n) is 14.2. The summed E-state index contributed by atoms with van der Waals surface area (Å²) in [5, 5.41) is 25.3. The van der Waals surface area contributed by atoms with Gasteiger partial charge >= 0.3 is 0 Å². The molecular formula is C33H32N2O3. The summed E-state index contributed by atoms with van der Waals surface area (Å²) in [7, 11) is 0. The molecule has 2 N–H and O–H groups in total. The van der Waals surface area contributed by atoms with Crippen LogP contribution in [0.3, 0.4) is 0 Å². The molecule has 1 saturated carbocycles. The third-order valence-electron chi connectivity index (χ3n) is 10.5. The third-order valence-corrected chi connectivity index (χ3v) is 10.5.